The highest BCUT2D eigenvalue weighted by molar-refractivity contribution is 7.80. The Kier molecular flexibility index (Phi) is 4.35. The summed E-state index contributed by atoms with van der Waals surface area (Å²) in [4.78, 5) is -0.575. The lowest BCUT2D eigenvalue weighted by Crippen LogP contribution is -2.47. The standard InChI is InChI=1S/C6H7F6NOS/c1-2(3(13)15)14-4(5(7,8)9)6(10,11)12/h2,4H,1H3,(H2,13,15). The van der Waals surface area contributed by atoms with Gasteiger partial charge in [0.2, 0.25) is 6.10 Å². The van der Waals surface area contributed by atoms with Gasteiger partial charge in [0.15, 0.2) is 0 Å². The van der Waals surface area contributed by atoms with Gasteiger partial charge in [-0.25, -0.2) is 0 Å². The van der Waals surface area contributed by atoms with Crippen LogP contribution in [0.2, 0.25) is 0 Å². The van der Waals surface area contributed by atoms with Crippen molar-refractivity contribution >= 4 is 17.2 Å². The maximum Gasteiger partial charge on any atom is 0.423 e. The van der Waals surface area contributed by atoms with E-state index in [1.807, 2.05) is 0 Å². The third-order valence-electron chi connectivity index (χ3n) is 1.34. The first kappa shape index (κ1) is 14.4. The molecule has 0 rings (SSSR count). The summed E-state index contributed by atoms with van der Waals surface area (Å²) in [7, 11) is 0. The Bertz CT molecular complexity index is 223. The van der Waals surface area contributed by atoms with Gasteiger partial charge in [-0.1, -0.05) is 12.2 Å². The molecule has 0 saturated heterocycles. The van der Waals surface area contributed by atoms with Crippen molar-refractivity contribution in [3.05, 3.63) is 0 Å². The Morgan fingerprint density at radius 2 is 1.47 bits per heavy atom. The van der Waals surface area contributed by atoms with E-state index in [-0.39, 0.29) is 0 Å². The molecule has 0 fully saturated rings. The fourth-order valence-corrected chi connectivity index (χ4v) is 0.667. The van der Waals surface area contributed by atoms with E-state index in [4.69, 9.17) is 5.73 Å². The number of ether oxygens (including phenoxy) is 1. The molecule has 2 N–H and O–H groups in total. The molecular weight excluding hydrogens is 248 g/mol. The van der Waals surface area contributed by atoms with Crippen LogP contribution < -0.4 is 5.73 Å². The van der Waals surface area contributed by atoms with Crippen molar-refractivity contribution in [3.8, 4) is 0 Å². The van der Waals surface area contributed by atoms with Crippen LogP contribution in [0.4, 0.5) is 26.3 Å². The second kappa shape index (κ2) is 4.52. The van der Waals surface area contributed by atoms with Crippen LogP contribution in [0.15, 0.2) is 0 Å². The number of alkyl halides is 6. The highest BCUT2D eigenvalue weighted by Gasteiger charge is 2.58. The van der Waals surface area contributed by atoms with Gasteiger partial charge in [0.25, 0.3) is 0 Å². The molecule has 0 heterocycles. The van der Waals surface area contributed by atoms with Crippen LogP contribution in [0.25, 0.3) is 0 Å². The molecule has 0 aromatic rings. The van der Waals surface area contributed by atoms with Crippen molar-refractivity contribution in [1.29, 1.82) is 0 Å². The molecule has 0 aliphatic rings. The van der Waals surface area contributed by atoms with Crippen molar-refractivity contribution in [2.75, 3.05) is 0 Å². The lowest BCUT2D eigenvalue weighted by Gasteiger charge is -2.25. The molecule has 0 aromatic heterocycles. The highest BCUT2D eigenvalue weighted by Crippen LogP contribution is 2.36. The molecule has 2 nitrogen and oxygen atoms in total. The van der Waals surface area contributed by atoms with E-state index in [2.05, 4.69) is 17.0 Å². The summed E-state index contributed by atoms with van der Waals surface area (Å²) in [6, 6.07) is 0. The van der Waals surface area contributed by atoms with Gasteiger partial charge < -0.3 is 10.5 Å². The zero-order valence-electron chi connectivity index (χ0n) is 7.32. The van der Waals surface area contributed by atoms with Crippen molar-refractivity contribution in [1.82, 2.24) is 0 Å². The number of hydrogen-bond acceptors (Lipinski definition) is 2. The van der Waals surface area contributed by atoms with Crippen LogP contribution in [0.1, 0.15) is 6.92 Å². The van der Waals surface area contributed by atoms with E-state index in [9.17, 15) is 26.3 Å². The first-order chi connectivity index (χ1) is 6.46. The Balaban J connectivity index is 4.77. The van der Waals surface area contributed by atoms with E-state index in [0.717, 1.165) is 6.92 Å². The Morgan fingerprint density at radius 3 is 1.67 bits per heavy atom. The summed E-state index contributed by atoms with van der Waals surface area (Å²) in [5.41, 5.74) is 4.84. The van der Waals surface area contributed by atoms with Gasteiger partial charge >= 0.3 is 12.4 Å². The van der Waals surface area contributed by atoms with Crippen molar-refractivity contribution in [2.45, 2.75) is 31.5 Å². The van der Waals surface area contributed by atoms with Gasteiger partial charge in [0.1, 0.15) is 11.1 Å². The van der Waals surface area contributed by atoms with Crippen molar-refractivity contribution in [3.63, 3.8) is 0 Å². The van der Waals surface area contributed by atoms with Gasteiger partial charge in [0.05, 0.1) is 0 Å². The Hall–Kier alpha value is -0.570. The number of nitrogens with two attached hydrogens (primary N) is 1. The van der Waals surface area contributed by atoms with E-state index >= 15 is 0 Å². The zero-order chi connectivity index (χ0) is 12.4. The molecule has 0 radical (unpaired) electrons. The minimum atomic E-state index is -5.54. The Morgan fingerprint density at radius 1 is 1.13 bits per heavy atom. The van der Waals surface area contributed by atoms with Gasteiger partial charge in [0, 0.05) is 0 Å². The summed E-state index contributed by atoms with van der Waals surface area (Å²) in [5, 5.41) is 0. The number of rotatable bonds is 3. The summed E-state index contributed by atoms with van der Waals surface area (Å²) in [5.74, 6) is 0. The summed E-state index contributed by atoms with van der Waals surface area (Å²) >= 11 is 4.20. The third kappa shape index (κ3) is 4.65. The van der Waals surface area contributed by atoms with Crippen molar-refractivity contribution < 1.29 is 31.1 Å². The molecule has 9 heteroatoms. The van der Waals surface area contributed by atoms with Gasteiger partial charge in [-0.2, -0.15) is 26.3 Å². The zero-order valence-corrected chi connectivity index (χ0v) is 8.13. The van der Waals surface area contributed by atoms with Crippen LogP contribution in [-0.4, -0.2) is 29.5 Å². The van der Waals surface area contributed by atoms with E-state index in [1.165, 1.54) is 0 Å². The Labute approximate surface area is 86.4 Å². The number of thiocarbonyl (C=S) groups is 1. The summed E-state index contributed by atoms with van der Waals surface area (Å²) in [6.07, 6.45) is -16.6. The van der Waals surface area contributed by atoms with E-state index < -0.39 is 29.5 Å². The second-order valence-corrected chi connectivity index (χ2v) is 3.12. The molecule has 1 atom stereocenters. The van der Waals surface area contributed by atoms with Crippen LogP contribution >= 0.6 is 12.2 Å². The first-order valence-corrected chi connectivity index (χ1v) is 3.95. The summed E-state index contributed by atoms with van der Waals surface area (Å²) < 4.78 is 75.2. The lowest BCUT2D eigenvalue weighted by molar-refractivity contribution is -0.325. The van der Waals surface area contributed by atoms with E-state index in [1.54, 1.807) is 0 Å². The molecule has 0 bridgehead atoms. The predicted octanol–water partition coefficient (Wildman–Crippen LogP) is 2.17. The summed E-state index contributed by atoms with van der Waals surface area (Å²) in [6.45, 7) is 0.910. The van der Waals surface area contributed by atoms with Crippen LogP contribution in [0.3, 0.4) is 0 Å². The number of hydrogen-bond donors (Lipinski definition) is 1. The molecule has 1 unspecified atom stereocenters. The fourth-order valence-electron chi connectivity index (χ4n) is 0.611. The minimum Gasteiger partial charge on any atom is -0.391 e. The third-order valence-corrected chi connectivity index (χ3v) is 1.67. The molecule has 0 aromatic carbocycles. The maximum atomic E-state index is 11.9. The molecule has 0 spiro atoms. The van der Waals surface area contributed by atoms with Gasteiger partial charge in [-0.3, -0.25) is 0 Å². The molecule has 15 heavy (non-hydrogen) atoms. The van der Waals surface area contributed by atoms with Gasteiger partial charge in [-0.15, -0.1) is 0 Å². The first-order valence-electron chi connectivity index (χ1n) is 3.54. The largest absolute Gasteiger partial charge is 0.423 e. The normalized spacial score (nSPS) is 15.5. The smallest absolute Gasteiger partial charge is 0.391 e. The maximum absolute atomic E-state index is 11.9. The molecule has 0 aliphatic carbocycles. The molecule has 0 amide bonds. The van der Waals surface area contributed by atoms with E-state index in [0.29, 0.717) is 0 Å². The number of halogens is 6. The SMILES string of the molecule is CC(OC(C(F)(F)F)C(F)(F)F)C(N)=S. The van der Waals surface area contributed by atoms with Crippen LogP contribution in [0.5, 0.6) is 0 Å². The molecular formula is C6H7F6NOS. The topological polar surface area (TPSA) is 35.2 Å². The van der Waals surface area contributed by atoms with Crippen molar-refractivity contribution in [2.24, 2.45) is 5.73 Å². The minimum absolute atomic E-state index is 0.575. The quantitative estimate of drug-likeness (QED) is 0.620. The second-order valence-electron chi connectivity index (χ2n) is 2.64. The predicted molar refractivity (Wildman–Crippen MR) is 43.2 cm³/mol. The average molecular weight is 255 g/mol. The lowest BCUT2D eigenvalue weighted by atomic mass is 10.3. The molecule has 90 valence electrons. The van der Waals surface area contributed by atoms with Crippen LogP contribution in [-0.2, 0) is 4.74 Å². The highest BCUT2D eigenvalue weighted by atomic mass is 32.1. The molecule has 0 saturated carbocycles. The fraction of sp³-hybridized carbons (Fsp3) is 0.833. The van der Waals surface area contributed by atoms with Crippen LogP contribution in [0, 0.1) is 0 Å². The average Bonchev–Trinajstić information content (AvgIpc) is 1.94. The van der Waals surface area contributed by atoms with Gasteiger partial charge in [-0.05, 0) is 6.92 Å². The monoisotopic (exact) mass is 255 g/mol. The molecule has 0 aliphatic heterocycles.